The van der Waals surface area contributed by atoms with E-state index >= 15 is 0 Å². The highest BCUT2D eigenvalue weighted by Crippen LogP contribution is 2.43. The number of anilines is 1. The van der Waals surface area contributed by atoms with Crippen LogP contribution in [-0.2, 0) is 11.2 Å². The molecule has 1 aromatic heterocycles. The van der Waals surface area contributed by atoms with Crippen molar-refractivity contribution in [1.82, 2.24) is 9.97 Å². The van der Waals surface area contributed by atoms with E-state index in [2.05, 4.69) is 40.9 Å². The van der Waals surface area contributed by atoms with E-state index in [0.717, 1.165) is 48.1 Å². The average Bonchev–Trinajstić information content (AvgIpc) is 3.14. The zero-order valence-electron chi connectivity index (χ0n) is 18.3. The number of aliphatic hydroxyl groups is 1. The van der Waals surface area contributed by atoms with Gasteiger partial charge < -0.3 is 15.4 Å². The van der Waals surface area contributed by atoms with E-state index in [0.29, 0.717) is 11.6 Å². The number of carbonyl (C=O) groups is 1. The molecule has 3 N–H and O–H groups in total. The minimum Gasteiger partial charge on any atom is -0.385 e. The molecule has 0 radical (unpaired) electrons. The van der Waals surface area contributed by atoms with Gasteiger partial charge in [-0.05, 0) is 54.0 Å². The number of H-pyrrole nitrogens is 1. The fourth-order valence-electron chi connectivity index (χ4n) is 4.73. The first-order chi connectivity index (χ1) is 14.9. The maximum Gasteiger partial charge on any atom is 0.227 e. The molecule has 4 rings (SSSR count). The lowest BCUT2D eigenvalue weighted by molar-refractivity contribution is -0.122. The van der Waals surface area contributed by atoms with Gasteiger partial charge in [0, 0.05) is 12.1 Å². The molecule has 5 heteroatoms. The first-order valence-corrected chi connectivity index (χ1v) is 11.1. The van der Waals surface area contributed by atoms with Crippen LogP contribution in [-0.4, -0.2) is 26.6 Å². The number of carbonyl (C=O) groups excluding carboxylic acids is 1. The van der Waals surface area contributed by atoms with Crippen LogP contribution >= 0.6 is 0 Å². The standard InChI is InChI=1S/C26H31N3O2/c1-4-19-12-17(2)26(31,18(3)13-19)16-25(30)27-21-10-11-22-23(15-21)29-24(28-22)14-20-8-6-5-7-9-20/h5-11,15,18-19,31H,2,4,12-14,16H2,1,3H3,(H,27,30)(H,28,29). The normalized spacial score (nSPS) is 23.8. The first kappa shape index (κ1) is 21.3. The van der Waals surface area contributed by atoms with Crippen molar-refractivity contribution in [2.75, 3.05) is 5.32 Å². The molecule has 3 atom stereocenters. The second-order valence-electron chi connectivity index (χ2n) is 8.95. The maximum atomic E-state index is 12.8. The Kier molecular flexibility index (Phi) is 5.96. The molecule has 1 heterocycles. The summed E-state index contributed by atoms with van der Waals surface area (Å²) in [5.74, 6) is 1.24. The Labute approximate surface area is 183 Å². The van der Waals surface area contributed by atoms with E-state index in [1.807, 2.05) is 43.3 Å². The maximum absolute atomic E-state index is 12.8. The zero-order valence-corrected chi connectivity index (χ0v) is 18.3. The lowest BCUT2D eigenvalue weighted by Crippen LogP contribution is -2.46. The largest absolute Gasteiger partial charge is 0.385 e. The molecule has 0 bridgehead atoms. The minimum atomic E-state index is -1.14. The Balaban J connectivity index is 1.44. The van der Waals surface area contributed by atoms with Crippen LogP contribution in [0.2, 0.25) is 0 Å². The van der Waals surface area contributed by atoms with E-state index < -0.39 is 5.60 Å². The summed E-state index contributed by atoms with van der Waals surface area (Å²) in [4.78, 5) is 20.8. The topological polar surface area (TPSA) is 78.0 Å². The summed E-state index contributed by atoms with van der Waals surface area (Å²) in [5.41, 5.74) is 3.26. The molecule has 162 valence electrons. The number of benzene rings is 2. The molecule has 1 fully saturated rings. The van der Waals surface area contributed by atoms with E-state index in [9.17, 15) is 9.90 Å². The van der Waals surface area contributed by atoms with E-state index in [1.54, 1.807) is 0 Å². The molecule has 0 aliphatic heterocycles. The van der Waals surface area contributed by atoms with Crippen molar-refractivity contribution < 1.29 is 9.90 Å². The molecular formula is C26H31N3O2. The summed E-state index contributed by atoms with van der Waals surface area (Å²) in [7, 11) is 0. The second-order valence-corrected chi connectivity index (χ2v) is 8.95. The summed E-state index contributed by atoms with van der Waals surface area (Å²) < 4.78 is 0. The molecule has 3 aromatic rings. The van der Waals surface area contributed by atoms with Crippen molar-refractivity contribution in [3.63, 3.8) is 0 Å². The van der Waals surface area contributed by atoms with Crippen LogP contribution in [0.4, 0.5) is 5.69 Å². The third-order valence-electron chi connectivity index (χ3n) is 6.69. The van der Waals surface area contributed by atoms with Gasteiger partial charge in [-0.2, -0.15) is 0 Å². The van der Waals surface area contributed by atoms with Crippen molar-refractivity contribution >= 4 is 22.6 Å². The fourth-order valence-corrected chi connectivity index (χ4v) is 4.73. The quantitative estimate of drug-likeness (QED) is 0.481. The number of amides is 1. The van der Waals surface area contributed by atoms with Crippen LogP contribution in [0, 0.1) is 11.8 Å². The summed E-state index contributed by atoms with van der Waals surface area (Å²) in [6.45, 7) is 8.30. The molecule has 5 nitrogen and oxygen atoms in total. The number of rotatable bonds is 6. The van der Waals surface area contributed by atoms with Crippen molar-refractivity contribution in [2.24, 2.45) is 11.8 Å². The second kappa shape index (κ2) is 8.67. The van der Waals surface area contributed by atoms with Crippen LogP contribution < -0.4 is 5.32 Å². The summed E-state index contributed by atoms with van der Waals surface area (Å²) in [5, 5.41) is 14.2. The van der Waals surface area contributed by atoms with E-state index in [4.69, 9.17) is 0 Å². The number of nitrogens with one attached hydrogen (secondary N) is 2. The smallest absolute Gasteiger partial charge is 0.227 e. The molecule has 31 heavy (non-hydrogen) atoms. The Morgan fingerprint density at radius 2 is 2.06 bits per heavy atom. The highest BCUT2D eigenvalue weighted by Gasteiger charge is 2.43. The Bertz CT molecular complexity index is 1090. The molecule has 2 aromatic carbocycles. The molecular weight excluding hydrogens is 386 g/mol. The highest BCUT2D eigenvalue weighted by atomic mass is 16.3. The number of aromatic nitrogens is 2. The van der Waals surface area contributed by atoms with Gasteiger partial charge in [0.1, 0.15) is 5.82 Å². The van der Waals surface area contributed by atoms with Crippen molar-refractivity contribution in [1.29, 1.82) is 0 Å². The highest BCUT2D eigenvalue weighted by molar-refractivity contribution is 5.93. The Morgan fingerprint density at radius 1 is 1.29 bits per heavy atom. The van der Waals surface area contributed by atoms with Gasteiger partial charge in [-0.25, -0.2) is 4.98 Å². The van der Waals surface area contributed by atoms with Crippen molar-refractivity contribution in [2.45, 2.75) is 51.6 Å². The van der Waals surface area contributed by atoms with Gasteiger partial charge in [0.15, 0.2) is 0 Å². The number of imidazole rings is 1. The van der Waals surface area contributed by atoms with Crippen molar-refractivity contribution in [3.05, 3.63) is 72.1 Å². The van der Waals surface area contributed by atoms with Gasteiger partial charge in [0.25, 0.3) is 0 Å². The lowest BCUT2D eigenvalue weighted by Gasteiger charge is -2.43. The van der Waals surface area contributed by atoms with Crippen LogP contribution in [0.5, 0.6) is 0 Å². The van der Waals surface area contributed by atoms with Crippen molar-refractivity contribution in [3.8, 4) is 0 Å². The minimum absolute atomic E-state index is 0.0140. The third-order valence-corrected chi connectivity index (χ3v) is 6.69. The molecule has 1 aliphatic carbocycles. The van der Waals surface area contributed by atoms with Gasteiger partial charge >= 0.3 is 0 Å². The molecule has 1 aliphatic rings. The van der Waals surface area contributed by atoms with Gasteiger partial charge in [-0.1, -0.05) is 57.2 Å². The molecule has 0 saturated heterocycles. The van der Waals surface area contributed by atoms with Gasteiger partial charge in [-0.3, -0.25) is 4.79 Å². The monoisotopic (exact) mass is 417 g/mol. The zero-order chi connectivity index (χ0) is 22.0. The van der Waals surface area contributed by atoms with Crippen LogP contribution in [0.3, 0.4) is 0 Å². The van der Waals surface area contributed by atoms with Gasteiger partial charge in [0.05, 0.1) is 23.1 Å². The number of fused-ring (bicyclic) bond motifs is 1. The predicted octanol–water partition coefficient (Wildman–Crippen LogP) is 5.23. The van der Waals surface area contributed by atoms with Gasteiger partial charge in [0.2, 0.25) is 5.91 Å². The number of aromatic amines is 1. The Hall–Kier alpha value is -2.92. The third kappa shape index (κ3) is 4.57. The number of nitrogens with zero attached hydrogens (tertiary/aromatic N) is 1. The summed E-state index contributed by atoms with van der Waals surface area (Å²) >= 11 is 0. The summed E-state index contributed by atoms with van der Waals surface area (Å²) in [6.07, 6.45) is 3.54. The molecule has 3 unspecified atom stereocenters. The van der Waals surface area contributed by atoms with Crippen LogP contribution in [0.25, 0.3) is 11.0 Å². The average molecular weight is 418 g/mol. The Morgan fingerprint density at radius 3 is 2.77 bits per heavy atom. The predicted molar refractivity (Wildman–Crippen MR) is 125 cm³/mol. The number of hydrogen-bond acceptors (Lipinski definition) is 3. The van der Waals surface area contributed by atoms with Gasteiger partial charge in [-0.15, -0.1) is 0 Å². The van der Waals surface area contributed by atoms with E-state index in [-0.39, 0.29) is 18.2 Å². The number of hydrogen-bond donors (Lipinski definition) is 3. The van der Waals surface area contributed by atoms with E-state index in [1.165, 1.54) is 5.56 Å². The first-order valence-electron chi connectivity index (χ1n) is 11.1. The lowest BCUT2D eigenvalue weighted by atomic mass is 9.67. The SMILES string of the molecule is C=C1CC(CC)CC(C)C1(O)CC(=O)Nc1ccc2nc(Cc3ccccc3)[nH]c2c1. The van der Waals surface area contributed by atoms with Crippen LogP contribution in [0.1, 0.15) is 50.9 Å². The fraction of sp³-hybridized carbons (Fsp3) is 0.385. The summed E-state index contributed by atoms with van der Waals surface area (Å²) in [6, 6.07) is 15.8. The molecule has 0 spiro atoms. The van der Waals surface area contributed by atoms with Crippen LogP contribution in [0.15, 0.2) is 60.7 Å². The molecule has 1 saturated carbocycles. The molecule has 1 amide bonds.